The predicted octanol–water partition coefficient (Wildman–Crippen LogP) is 5.77. The van der Waals surface area contributed by atoms with Crippen LogP contribution in [0.5, 0.6) is 5.75 Å². The average molecular weight is 338 g/mol. The van der Waals surface area contributed by atoms with Crippen molar-refractivity contribution in [2.24, 2.45) is 0 Å². The molecule has 0 N–H and O–H groups in total. The van der Waals surface area contributed by atoms with Gasteiger partial charge >= 0.3 is 0 Å². The summed E-state index contributed by atoms with van der Waals surface area (Å²) in [6, 6.07) is 13.0. The van der Waals surface area contributed by atoms with E-state index in [-0.39, 0.29) is 12.4 Å². The maximum absolute atomic E-state index is 11.8. The minimum Gasteiger partial charge on any atom is -0.486 e. The van der Waals surface area contributed by atoms with Crippen molar-refractivity contribution in [1.29, 1.82) is 0 Å². The Morgan fingerprint density at radius 2 is 1.76 bits per heavy atom. The number of carbonyl (C=O) groups is 1. The Labute approximate surface area is 152 Å². The van der Waals surface area contributed by atoms with Crippen LogP contribution in [0.1, 0.15) is 67.3 Å². The summed E-state index contributed by atoms with van der Waals surface area (Å²) in [7, 11) is 0. The van der Waals surface area contributed by atoms with Crippen molar-refractivity contribution >= 4 is 5.78 Å². The van der Waals surface area contributed by atoms with Gasteiger partial charge in [-0.3, -0.25) is 4.79 Å². The van der Waals surface area contributed by atoms with Gasteiger partial charge in [-0.15, -0.1) is 0 Å². The number of Topliss-reactive ketones (excluding diaryl/α,β-unsaturated/α-hetero) is 1. The molecule has 25 heavy (non-hydrogen) atoms. The molecule has 2 aromatic carbocycles. The van der Waals surface area contributed by atoms with E-state index in [4.69, 9.17) is 4.74 Å². The topological polar surface area (TPSA) is 26.3 Å². The summed E-state index contributed by atoms with van der Waals surface area (Å²) < 4.78 is 5.90. The normalized spacial score (nSPS) is 11.0. The summed E-state index contributed by atoms with van der Waals surface area (Å²) in [5.41, 5.74) is 6.17. The van der Waals surface area contributed by atoms with Crippen molar-refractivity contribution in [2.45, 2.75) is 59.8 Å². The van der Waals surface area contributed by atoms with Crippen molar-refractivity contribution in [1.82, 2.24) is 0 Å². The number of aryl methyl sites for hydroxylation is 2. The first-order chi connectivity index (χ1) is 11.9. The fraction of sp³-hybridized carbons (Fsp3) is 0.435. The highest BCUT2D eigenvalue weighted by Crippen LogP contribution is 2.28. The Morgan fingerprint density at radius 1 is 1.08 bits per heavy atom. The van der Waals surface area contributed by atoms with Crippen molar-refractivity contribution in [2.75, 3.05) is 6.61 Å². The molecule has 0 saturated carbocycles. The fourth-order valence-electron chi connectivity index (χ4n) is 3.05. The summed E-state index contributed by atoms with van der Waals surface area (Å²) in [4.78, 5) is 11.8. The molecule has 0 fully saturated rings. The number of hydrogen-bond donors (Lipinski definition) is 0. The van der Waals surface area contributed by atoms with Crippen molar-refractivity contribution in [3.8, 4) is 5.75 Å². The molecule has 2 nitrogen and oxygen atoms in total. The number of benzene rings is 2. The van der Waals surface area contributed by atoms with Crippen LogP contribution in [0, 0.1) is 13.8 Å². The molecule has 0 aromatic heterocycles. The number of rotatable bonds is 8. The van der Waals surface area contributed by atoms with Gasteiger partial charge in [0.2, 0.25) is 0 Å². The molecule has 0 radical (unpaired) electrons. The number of ether oxygens (including phenoxy) is 1. The molecule has 0 spiro atoms. The monoisotopic (exact) mass is 338 g/mol. The second kappa shape index (κ2) is 8.84. The van der Waals surface area contributed by atoms with E-state index >= 15 is 0 Å². The molecule has 0 unspecified atom stereocenters. The molecule has 2 heteroatoms. The van der Waals surface area contributed by atoms with Gasteiger partial charge in [0.05, 0.1) is 0 Å². The van der Waals surface area contributed by atoms with E-state index < -0.39 is 0 Å². The minimum atomic E-state index is 0.161. The molecule has 0 atom stereocenters. The number of hydrogen-bond acceptors (Lipinski definition) is 2. The van der Waals surface area contributed by atoms with Gasteiger partial charge in [0.25, 0.3) is 0 Å². The summed E-state index contributed by atoms with van der Waals surface area (Å²) in [5.74, 6) is 1.54. The quantitative estimate of drug-likeness (QED) is 0.611. The van der Waals surface area contributed by atoms with Crippen LogP contribution in [0.3, 0.4) is 0 Å². The van der Waals surface area contributed by atoms with E-state index in [1.54, 1.807) is 0 Å². The third-order valence-corrected chi connectivity index (χ3v) is 4.52. The van der Waals surface area contributed by atoms with Gasteiger partial charge in [-0.05, 0) is 54.5 Å². The van der Waals surface area contributed by atoms with Crippen LogP contribution in [0.25, 0.3) is 0 Å². The first-order valence-corrected chi connectivity index (χ1v) is 9.24. The summed E-state index contributed by atoms with van der Waals surface area (Å²) in [6.45, 7) is 10.8. The van der Waals surface area contributed by atoms with Crippen LogP contribution >= 0.6 is 0 Å². The molecule has 0 aliphatic heterocycles. The second-order valence-corrected chi connectivity index (χ2v) is 7.21. The Hall–Kier alpha value is -2.09. The molecule has 2 aromatic rings. The van der Waals surface area contributed by atoms with Crippen LogP contribution in [-0.2, 0) is 11.2 Å². The Bertz CT molecular complexity index is 712. The predicted molar refractivity (Wildman–Crippen MR) is 105 cm³/mol. The van der Waals surface area contributed by atoms with E-state index in [0.717, 1.165) is 24.2 Å². The first-order valence-electron chi connectivity index (χ1n) is 9.24. The first kappa shape index (κ1) is 19.2. The average Bonchev–Trinajstić information content (AvgIpc) is 2.56. The molecule has 0 aliphatic carbocycles. The fourth-order valence-corrected chi connectivity index (χ4v) is 3.05. The lowest BCUT2D eigenvalue weighted by molar-refractivity contribution is -0.121. The highest BCUT2D eigenvalue weighted by molar-refractivity contribution is 5.79. The lowest BCUT2D eigenvalue weighted by Crippen LogP contribution is -2.12. The lowest BCUT2D eigenvalue weighted by Gasteiger charge is -2.16. The van der Waals surface area contributed by atoms with Crippen molar-refractivity contribution in [3.05, 3.63) is 64.2 Å². The molecule has 2 rings (SSSR count). The van der Waals surface area contributed by atoms with Crippen molar-refractivity contribution < 1.29 is 9.53 Å². The van der Waals surface area contributed by atoms with Gasteiger partial charge in [-0.2, -0.15) is 0 Å². The zero-order valence-electron chi connectivity index (χ0n) is 16.2. The Balaban J connectivity index is 2.22. The van der Waals surface area contributed by atoms with Crippen LogP contribution < -0.4 is 4.74 Å². The zero-order valence-corrected chi connectivity index (χ0v) is 16.2. The van der Waals surface area contributed by atoms with E-state index in [9.17, 15) is 4.79 Å². The summed E-state index contributed by atoms with van der Waals surface area (Å²) in [6.07, 6.45) is 2.27. The van der Waals surface area contributed by atoms with Crippen LogP contribution in [0.4, 0.5) is 0 Å². The minimum absolute atomic E-state index is 0.161. The highest BCUT2D eigenvalue weighted by Gasteiger charge is 2.12. The zero-order chi connectivity index (χ0) is 18.4. The van der Waals surface area contributed by atoms with Crippen LogP contribution in [-0.4, -0.2) is 12.4 Å². The van der Waals surface area contributed by atoms with E-state index in [1.807, 2.05) is 13.0 Å². The number of carbonyl (C=O) groups excluding carboxylic acids is 1. The Morgan fingerprint density at radius 3 is 2.36 bits per heavy atom. The largest absolute Gasteiger partial charge is 0.486 e. The van der Waals surface area contributed by atoms with Gasteiger partial charge in [-0.25, -0.2) is 0 Å². The molecule has 0 amide bonds. The van der Waals surface area contributed by atoms with E-state index in [1.165, 1.54) is 22.3 Å². The van der Waals surface area contributed by atoms with E-state index in [2.05, 4.69) is 58.0 Å². The maximum atomic E-state index is 11.8. The van der Waals surface area contributed by atoms with Gasteiger partial charge in [-0.1, -0.05) is 51.1 Å². The van der Waals surface area contributed by atoms with Crippen molar-refractivity contribution in [3.63, 3.8) is 0 Å². The molecule has 0 bridgehead atoms. The molecular weight excluding hydrogens is 308 g/mol. The molecule has 0 saturated heterocycles. The second-order valence-electron chi connectivity index (χ2n) is 7.21. The summed E-state index contributed by atoms with van der Waals surface area (Å²) >= 11 is 0. The molecular formula is C23H30O2. The number of ketones is 1. The maximum Gasteiger partial charge on any atom is 0.170 e. The smallest absolute Gasteiger partial charge is 0.170 e. The van der Waals surface area contributed by atoms with Crippen LogP contribution in [0.15, 0.2) is 36.4 Å². The highest BCUT2D eigenvalue weighted by atomic mass is 16.5. The molecule has 134 valence electrons. The van der Waals surface area contributed by atoms with E-state index in [0.29, 0.717) is 12.3 Å². The standard InChI is InChI=1S/C23H30O2/c1-6-7-21(24)15-25-23-13-17(4)12-18(5)22(23)14-19-8-10-20(11-9-19)16(2)3/h8-13,16H,6-7,14-15H2,1-5H3. The third-order valence-electron chi connectivity index (χ3n) is 4.52. The van der Waals surface area contributed by atoms with Gasteiger partial charge < -0.3 is 4.74 Å². The van der Waals surface area contributed by atoms with Gasteiger partial charge in [0.15, 0.2) is 5.78 Å². The van der Waals surface area contributed by atoms with Crippen LogP contribution in [0.2, 0.25) is 0 Å². The van der Waals surface area contributed by atoms with Gasteiger partial charge in [0.1, 0.15) is 12.4 Å². The third kappa shape index (κ3) is 5.45. The molecule has 0 aliphatic rings. The lowest BCUT2D eigenvalue weighted by atomic mass is 9.95. The van der Waals surface area contributed by atoms with Gasteiger partial charge in [0, 0.05) is 18.4 Å². The summed E-state index contributed by atoms with van der Waals surface area (Å²) in [5, 5.41) is 0. The SMILES string of the molecule is CCCC(=O)COc1cc(C)cc(C)c1Cc1ccc(C(C)C)cc1. The molecule has 0 heterocycles. The Kier molecular flexibility index (Phi) is 6.81.